The van der Waals surface area contributed by atoms with Gasteiger partial charge in [-0.05, 0) is 37.3 Å². The average Bonchev–Trinajstić information content (AvgIpc) is 2.69. The van der Waals surface area contributed by atoms with E-state index in [0.29, 0.717) is 21.7 Å². The molecule has 0 bridgehead atoms. The Labute approximate surface area is 166 Å². The summed E-state index contributed by atoms with van der Waals surface area (Å²) in [5.41, 5.74) is 0.851. The standard InChI is InChI=1S/C20H19ClN4O3/c1-13-16-4-2-3-5-17(16)20(28)25(24-13)12-18(26)22-10-11-23-19(27)14-6-8-15(21)9-7-14/h2-9H,10-12H2,1H3,(H,22,26)(H,23,27). The minimum atomic E-state index is -0.356. The first-order chi connectivity index (χ1) is 13.5. The van der Waals surface area contributed by atoms with Gasteiger partial charge >= 0.3 is 0 Å². The van der Waals surface area contributed by atoms with Crippen LogP contribution in [0.3, 0.4) is 0 Å². The van der Waals surface area contributed by atoms with Crippen LogP contribution in [-0.4, -0.2) is 34.7 Å². The molecule has 8 heteroatoms. The average molecular weight is 399 g/mol. The fourth-order valence-corrected chi connectivity index (χ4v) is 2.91. The molecule has 3 rings (SSSR count). The Morgan fingerprint density at radius 3 is 2.36 bits per heavy atom. The molecule has 0 spiro atoms. The van der Waals surface area contributed by atoms with E-state index in [2.05, 4.69) is 15.7 Å². The fourth-order valence-electron chi connectivity index (χ4n) is 2.78. The van der Waals surface area contributed by atoms with Gasteiger partial charge in [-0.25, -0.2) is 4.68 Å². The molecule has 2 N–H and O–H groups in total. The topological polar surface area (TPSA) is 93.1 Å². The number of carbonyl (C=O) groups excluding carboxylic acids is 2. The minimum Gasteiger partial charge on any atom is -0.353 e. The zero-order valence-corrected chi connectivity index (χ0v) is 16.0. The molecule has 2 amide bonds. The van der Waals surface area contributed by atoms with E-state index in [1.165, 1.54) is 0 Å². The lowest BCUT2D eigenvalue weighted by molar-refractivity contribution is -0.121. The number of carbonyl (C=O) groups is 2. The number of aryl methyl sites for hydroxylation is 1. The molecular formula is C20H19ClN4O3. The van der Waals surface area contributed by atoms with Crippen molar-refractivity contribution in [3.05, 3.63) is 75.2 Å². The number of nitrogens with one attached hydrogen (secondary N) is 2. The van der Waals surface area contributed by atoms with Gasteiger partial charge in [-0.3, -0.25) is 14.4 Å². The lowest BCUT2D eigenvalue weighted by Crippen LogP contribution is -2.38. The Bertz CT molecular complexity index is 1080. The number of aromatic nitrogens is 2. The molecule has 1 heterocycles. The van der Waals surface area contributed by atoms with Gasteiger partial charge in [-0.1, -0.05) is 29.8 Å². The number of hydrogen-bond donors (Lipinski definition) is 2. The van der Waals surface area contributed by atoms with Crippen molar-refractivity contribution in [3.8, 4) is 0 Å². The minimum absolute atomic E-state index is 0.185. The van der Waals surface area contributed by atoms with Gasteiger partial charge in [0.15, 0.2) is 0 Å². The summed E-state index contributed by atoms with van der Waals surface area (Å²) < 4.78 is 1.15. The third-order valence-corrected chi connectivity index (χ3v) is 4.44. The summed E-state index contributed by atoms with van der Waals surface area (Å²) in [6.45, 7) is 2.10. The molecule has 0 aliphatic rings. The third kappa shape index (κ3) is 4.55. The highest BCUT2D eigenvalue weighted by molar-refractivity contribution is 6.30. The molecule has 28 heavy (non-hydrogen) atoms. The molecule has 0 atom stereocenters. The van der Waals surface area contributed by atoms with Crippen LogP contribution in [0.5, 0.6) is 0 Å². The molecular weight excluding hydrogens is 380 g/mol. The Hall–Kier alpha value is -3.19. The Kier molecular flexibility index (Phi) is 6.06. The first-order valence-corrected chi connectivity index (χ1v) is 9.10. The van der Waals surface area contributed by atoms with Crippen LogP contribution in [-0.2, 0) is 11.3 Å². The van der Waals surface area contributed by atoms with E-state index < -0.39 is 0 Å². The molecule has 0 fully saturated rings. The number of halogens is 1. The van der Waals surface area contributed by atoms with Gasteiger partial charge in [0.25, 0.3) is 11.5 Å². The SMILES string of the molecule is Cc1nn(CC(=O)NCCNC(=O)c2ccc(Cl)cc2)c(=O)c2ccccc12. The molecule has 0 aliphatic heterocycles. The number of hydrogen-bond acceptors (Lipinski definition) is 4. The summed E-state index contributed by atoms with van der Waals surface area (Å²) in [5, 5.41) is 11.4. The van der Waals surface area contributed by atoms with E-state index in [1.807, 2.05) is 12.1 Å². The summed E-state index contributed by atoms with van der Waals surface area (Å²) in [4.78, 5) is 36.6. The molecule has 0 radical (unpaired) electrons. The van der Waals surface area contributed by atoms with Crippen LogP contribution in [0.25, 0.3) is 10.8 Å². The lowest BCUT2D eigenvalue weighted by atomic mass is 10.1. The van der Waals surface area contributed by atoms with Crippen molar-refractivity contribution >= 4 is 34.2 Å². The van der Waals surface area contributed by atoms with Crippen molar-refractivity contribution in [2.45, 2.75) is 13.5 Å². The smallest absolute Gasteiger partial charge is 0.275 e. The number of benzene rings is 2. The maximum atomic E-state index is 12.5. The van der Waals surface area contributed by atoms with Crippen molar-refractivity contribution in [2.24, 2.45) is 0 Å². The fraction of sp³-hybridized carbons (Fsp3) is 0.200. The maximum Gasteiger partial charge on any atom is 0.275 e. The molecule has 0 saturated heterocycles. The predicted octanol–water partition coefficient (Wildman–Crippen LogP) is 1.90. The molecule has 0 aliphatic carbocycles. The molecule has 7 nitrogen and oxygen atoms in total. The van der Waals surface area contributed by atoms with E-state index in [-0.39, 0.29) is 37.0 Å². The number of fused-ring (bicyclic) bond motifs is 1. The van der Waals surface area contributed by atoms with Crippen LogP contribution < -0.4 is 16.2 Å². The van der Waals surface area contributed by atoms with Crippen molar-refractivity contribution in [1.82, 2.24) is 20.4 Å². The van der Waals surface area contributed by atoms with Crippen LogP contribution in [0, 0.1) is 6.92 Å². The largest absolute Gasteiger partial charge is 0.353 e. The second kappa shape index (κ2) is 8.67. The molecule has 3 aromatic rings. The summed E-state index contributed by atoms with van der Waals surface area (Å²) in [5.74, 6) is -0.612. The van der Waals surface area contributed by atoms with Crippen molar-refractivity contribution < 1.29 is 9.59 Å². The van der Waals surface area contributed by atoms with Gasteiger partial charge in [-0.2, -0.15) is 5.10 Å². The zero-order valence-electron chi connectivity index (χ0n) is 15.2. The first-order valence-electron chi connectivity index (χ1n) is 8.72. The number of rotatable bonds is 6. The van der Waals surface area contributed by atoms with Gasteiger partial charge in [0.2, 0.25) is 5.91 Å². The van der Waals surface area contributed by atoms with Crippen LogP contribution in [0.4, 0.5) is 0 Å². The van der Waals surface area contributed by atoms with Crippen LogP contribution in [0.15, 0.2) is 53.3 Å². The highest BCUT2D eigenvalue weighted by Crippen LogP contribution is 2.11. The van der Waals surface area contributed by atoms with Crippen LogP contribution in [0.2, 0.25) is 5.02 Å². The van der Waals surface area contributed by atoms with Gasteiger partial charge in [0, 0.05) is 29.1 Å². The summed E-state index contributed by atoms with van der Waals surface area (Å²) >= 11 is 5.79. The Balaban J connectivity index is 1.53. The van der Waals surface area contributed by atoms with E-state index in [1.54, 1.807) is 43.3 Å². The molecule has 0 saturated carbocycles. The first kappa shape index (κ1) is 19.6. The number of nitrogens with zero attached hydrogens (tertiary/aromatic N) is 2. The normalized spacial score (nSPS) is 10.6. The van der Waals surface area contributed by atoms with E-state index in [9.17, 15) is 14.4 Å². The van der Waals surface area contributed by atoms with Crippen molar-refractivity contribution in [3.63, 3.8) is 0 Å². The monoisotopic (exact) mass is 398 g/mol. The summed E-state index contributed by atoms with van der Waals surface area (Å²) in [6, 6.07) is 13.7. The highest BCUT2D eigenvalue weighted by Gasteiger charge is 2.11. The van der Waals surface area contributed by atoms with Gasteiger partial charge in [0.1, 0.15) is 6.54 Å². The zero-order chi connectivity index (χ0) is 20.1. The van der Waals surface area contributed by atoms with Gasteiger partial charge < -0.3 is 10.6 Å². The van der Waals surface area contributed by atoms with E-state index in [0.717, 1.165) is 10.1 Å². The summed E-state index contributed by atoms with van der Waals surface area (Å²) in [6.07, 6.45) is 0. The number of amides is 2. The van der Waals surface area contributed by atoms with E-state index >= 15 is 0 Å². The Morgan fingerprint density at radius 2 is 1.64 bits per heavy atom. The van der Waals surface area contributed by atoms with Crippen LogP contribution >= 0.6 is 11.6 Å². The third-order valence-electron chi connectivity index (χ3n) is 4.18. The van der Waals surface area contributed by atoms with Crippen molar-refractivity contribution in [1.29, 1.82) is 0 Å². The quantitative estimate of drug-likeness (QED) is 0.620. The van der Waals surface area contributed by atoms with Gasteiger partial charge in [-0.15, -0.1) is 0 Å². The van der Waals surface area contributed by atoms with Crippen molar-refractivity contribution in [2.75, 3.05) is 13.1 Å². The molecule has 2 aromatic carbocycles. The predicted molar refractivity (Wildman–Crippen MR) is 108 cm³/mol. The maximum absolute atomic E-state index is 12.5. The van der Waals surface area contributed by atoms with E-state index in [4.69, 9.17) is 11.6 Å². The Morgan fingerprint density at radius 1 is 1.00 bits per heavy atom. The van der Waals surface area contributed by atoms with Gasteiger partial charge in [0.05, 0.1) is 11.1 Å². The molecule has 0 unspecified atom stereocenters. The lowest BCUT2D eigenvalue weighted by Gasteiger charge is -2.10. The summed E-state index contributed by atoms with van der Waals surface area (Å²) in [7, 11) is 0. The molecule has 1 aromatic heterocycles. The van der Waals surface area contributed by atoms with Crippen LogP contribution in [0.1, 0.15) is 16.1 Å². The molecule has 144 valence electrons. The second-order valence-corrected chi connectivity index (χ2v) is 6.64. The second-order valence-electron chi connectivity index (χ2n) is 6.21. The highest BCUT2D eigenvalue weighted by atomic mass is 35.5.